The lowest BCUT2D eigenvalue weighted by molar-refractivity contribution is 0.218. The molecule has 1 N–H and O–H groups in total. The molecule has 0 saturated carbocycles. The van der Waals surface area contributed by atoms with Crippen LogP contribution in [0.25, 0.3) is 16.7 Å². The highest BCUT2D eigenvalue weighted by Gasteiger charge is 2.31. The van der Waals surface area contributed by atoms with Crippen molar-refractivity contribution >= 4 is 75.5 Å². The van der Waals surface area contributed by atoms with E-state index in [0.29, 0.717) is 24.3 Å². The van der Waals surface area contributed by atoms with Gasteiger partial charge in [0.1, 0.15) is 64.8 Å². The zero-order valence-corrected chi connectivity index (χ0v) is 20.6. The van der Waals surface area contributed by atoms with Crippen LogP contribution >= 0.6 is 0 Å². The van der Waals surface area contributed by atoms with E-state index < -0.39 is 18.0 Å². The first-order valence-corrected chi connectivity index (χ1v) is 11.5. The molecule has 7 nitrogen and oxygen atoms in total. The Hall–Kier alpha value is -2.84. The Morgan fingerprint density at radius 2 is 1.85 bits per heavy atom. The van der Waals surface area contributed by atoms with Gasteiger partial charge in [-0.15, -0.1) is 5.10 Å². The van der Waals surface area contributed by atoms with Crippen molar-refractivity contribution in [3.05, 3.63) is 42.5 Å². The van der Waals surface area contributed by atoms with Gasteiger partial charge >= 0.3 is 6.03 Å². The molecular formula is C19H26B6F2N6O. The van der Waals surface area contributed by atoms with Crippen LogP contribution in [-0.2, 0) is 0 Å². The van der Waals surface area contributed by atoms with Crippen LogP contribution in [0.4, 0.5) is 25.0 Å². The molecule has 1 saturated heterocycles. The average Bonchev–Trinajstić information content (AvgIpc) is 3.33. The number of likely N-dealkylation sites (tertiary alicyclic amines) is 1. The smallest absolute Gasteiger partial charge is 0.321 e. The van der Waals surface area contributed by atoms with Gasteiger partial charge in [-0.05, 0) is 41.2 Å². The Morgan fingerprint density at radius 3 is 2.47 bits per heavy atom. The molecule has 170 valence electrons. The molecule has 34 heavy (non-hydrogen) atoms. The quantitative estimate of drug-likeness (QED) is 0.414. The lowest BCUT2D eigenvalue weighted by Crippen LogP contribution is -2.64. The van der Waals surface area contributed by atoms with E-state index >= 15 is 0 Å². The maximum atomic E-state index is 14.7. The first-order valence-electron chi connectivity index (χ1n) is 11.5. The van der Waals surface area contributed by atoms with Crippen LogP contribution in [0.1, 0.15) is 6.42 Å². The molecule has 0 spiro atoms. The van der Waals surface area contributed by atoms with Crippen molar-refractivity contribution in [3.63, 3.8) is 0 Å². The number of hydrogen-bond donors (Lipinski definition) is 1. The standard InChI is InChI=1S/C19H26B6F2N6O/c20-18(21,22)33(19(23,24)25)13-5-10-8-32(30-16(10)28-7-13)15-6-12(1-2-14(15)27)29-17(34)31-4-3-11(26)9-31/h1-2,5-8,11H,3-4,9,20-25H2,(H,29,34)/t11-/m1/s1. The first-order chi connectivity index (χ1) is 15.8. The minimum atomic E-state index is -1.00. The lowest BCUT2D eigenvalue weighted by atomic mass is 9.40. The highest BCUT2D eigenvalue weighted by molar-refractivity contribution is 6.66. The predicted octanol–water partition coefficient (Wildman–Crippen LogP) is -3.04. The van der Waals surface area contributed by atoms with E-state index in [-0.39, 0.29) is 22.7 Å². The molecule has 0 bridgehead atoms. The number of hydrogen-bond acceptors (Lipinski definition) is 4. The molecule has 1 aromatic carbocycles. The van der Waals surface area contributed by atoms with Gasteiger partial charge in [0.05, 0.1) is 18.4 Å². The summed E-state index contributed by atoms with van der Waals surface area (Å²) in [6.45, 7) is 0.429. The largest absolute Gasteiger partial charge is 0.406 e. The monoisotopic (exact) mass is 458 g/mol. The summed E-state index contributed by atoms with van der Waals surface area (Å²) in [4.78, 5) is 20.6. The number of pyridine rings is 1. The third kappa shape index (κ3) is 4.98. The van der Waals surface area contributed by atoms with Gasteiger partial charge < -0.3 is 15.1 Å². The fourth-order valence-corrected chi connectivity index (χ4v) is 4.80. The van der Waals surface area contributed by atoms with Crippen LogP contribution in [0, 0.1) is 5.82 Å². The van der Waals surface area contributed by atoms with Gasteiger partial charge in [0, 0.05) is 23.8 Å². The highest BCUT2D eigenvalue weighted by atomic mass is 19.1. The summed E-state index contributed by atoms with van der Waals surface area (Å²) < 4.78 is 29.6. The molecule has 0 unspecified atom stereocenters. The van der Waals surface area contributed by atoms with Crippen LogP contribution < -0.4 is 10.2 Å². The third-order valence-corrected chi connectivity index (χ3v) is 5.81. The van der Waals surface area contributed by atoms with Crippen LogP contribution in [0.2, 0.25) is 0 Å². The van der Waals surface area contributed by atoms with Gasteiger partial charge in [0.25, 0.3) is 0 Å². The molecule has 1 aliphatic heterocycles. The van der Waals surface area contributed by atoms with Gasteiger partial charge in [-0.25, -0.2) is 23.2 Å². The molecule has 1 fully saturated rings. The molecule has 15 heteroatoms. The second kappa shape index (κ2) is 8.74. The van der Waals surface area contributed by atoms with Gasteiger partial charge in [-0.1, -0.05) is 0 Å². The summed E-state index contributed by atoms with van der Waals surface area (Å²) in [6, 6.07) is 5.87. The minimum Gasteiger partial charge on any atom is -0.406 e. The van der Waals surface area contributed by atoms with Crippen LogP contribution in [0.3, 0.4) is 0 Å². The first kappa shape index (κ1) is 24.3. The fraction of sp³-hybridized carbons (Fsp3) is 0.316. The molecule has 4 rings (SSSR count). The van der Waals surface area contributed by atoms with E-state index in [2.05, 4.69) is 67.4 Å². The average molecular weight is 457 g/mol. The fourth-order valence-electron chi connectivity index (χ4n) is 4.80. The number of nitrogens with one attached hydrogen (secondary N) is 1. The number of nitrogens with zero attached hydrogens (tertiary/aromatic N) is 5. The topological polar surface area (TPSA) is 66.3 Å². The van der Waals surface area contributed by atoms with Crippen molar-refractivity contribution in [2.45, 2.75) is 23.1 Å². The van der Waals surface area contributed by atoms with Crippen LogP contribution in [0.5, 0.6) is 0 Å². The summed E-state index contributed by atoms with van der Waals surface area (Å²) in [5, 5.41) is 7.67. The van der Waals surface area contributed by atoms with E-state index in [9.17, 15) is 13.6 Å². The molecule has 1 aliphatic rings. The summed E-state index contributed by atoms with van der Waals surface area (Å²) in [5.74, 6) is -0.484. The zero-order valence-electron chi connectivity index (χ0n) is 20.6. The second-order valence-electron chi connectivity index (χ2n) is 10.8. The molecule has 1 atom stereocenters. The summed E-state index contributed by atoms with van der Waals surface area (Å²) in [6.07, 6.45) is 2.85. The van der Waals surface area contributed by atoms with Crippen molar-refractivity contribution in [1.29, 1.82) is 0 Å². The number of aromatic nitrogens is 3. The zero-order chi connectivity index (χ0) is 24.8. The Morgan fingerprint density at radius 1 is 1.15 bits per heavy atom. The Bertz CT molecular complexity index is 1220. The van der Waals surface area contributed by atoms with Crippen molar-refractivity contribution < 1.29 is 13.6 Å². The molecule has 0 radical (unpaired) electrons. The van der Waals surface area contributed by atoms with Crippen LogP contribution in [-0.4, -0.2) is 103 Å². The third-order valence-electron chi connectivity index (χ3n) is 5.81. The Labute approximate surface area is 203 Å². The molecule has 3 heterocycles. The van der Waals surface area contributed by atoms with Gasteiger partial charge in [0.15, 0.2) is 5.65 Å². The van der Waals surface area contributed by atoms with E-state index in [1.54, 1.807) is 12.4 Å². The number of alkyl halides is 1. The molecule has 0 aliphatic carbocycles. The Kier molecular flexibility index (Phi) is 6.25. The van der Waals surface area contributed by atoms with Gasteiger partial charge in [0.2, 0.25) is 0 Å². The summed E-state index contributed by atoms with van der Waals surface area (Å²) in [7, 11) is 12.9. The highest BCUT2D eigenvalue weighted by Crippen LogP contribution is 2.28. The van der Waals surface area contributed by atoms with Crippen molar-refractivity contribution in [2.75, 3.05) is 23.3 Å². The predicted molar refractivity (Wildman–Crippen MR) is 148 cm³/mol. The number of benzene rings is 1. The maximum Gasteiger partial charge on any atom is 0.321 e. The number of carbonyl (C=O) groups is 1. The van der Waals surface area contributed by atoms with Crippen LogP contribution in [0.15, 0.2) is 36.7 Å². The van der Waals surface area contributed by atoms with E-state index in [4.69, 9.17) is 0 Å². The number of rotatable bonds is 5. The van der Waals surface area contributed by atoms with E-state index in [0.717, 1.165) is 11.1 Å². The Balaban J connectivity index is 1.65. The number of urea groups is 1. The number of amides is 2. The molecular weight excluding hydrogens is 431 g/mol. The molecule has 2 amide bonds. The normalized spacial score (nSPS) is 16.6. The minimum absolute atomic E-state index is 0.0680. The number of anilines is 2. The number of fused-ring (bicyclic) bond motifs is 1. The molecule has 3 aromatic rings. The van der Waals surface area contributed by atoms with Crippen molar-refractivity contribution in [2.24, 2.45) is 0 Å². The second-order valence-corrected chi connectivity index (χ2v) is 10.8. The van der Waals surface area contributed by atoms with E-state index in [1.807, 2.05) is 6.07 Å². The van der Waals surface area contributed by atoms with Gasteiger partial charge in [-0.3, -0.25) is 0 Å². The van der Waals surface area contributed by atoms with E-state index in [1.165, 1.54) is 27.8 Å². The summed E-state index contributed by atoms with van der Waals surface area (Å²) >= 11 is 0. The van der Waals surface area contributed by atoms with Crippen molar-refractivity contribution in [3.8, 4) is 5.69 Å². The van der Waals surface area contributed by atoms with Gasteiger partial charge in [-0.2, -0.15) is 0 Å². The summed E-state index contributed by atoms with van der Waals surface area (Å²) in [5.41, 5.74) is 2.03. The molecule has 2 aromatic heterocycles. The lowest BCUT2D eigenvalue weighted by Gasteiger charge is -2.49. The number of halogens is 2. The SMILES string of the molecule is BC(B)(B)N(c1cnc2nn(-c3cc(NC(=O)N4CC[C@@H](F)C4)ccc3F)cc2c1)C(B)(B)B. The maximum absolute atomic E-state index is 14.7. The van der Waals surface area contributed by atoms with Crippen molar-refractivity contribution in [1.82, 2.24) is 19.7 Å². The number of carbonyl (C=O) groups excluding carboxylic acids is 1.